The highest BCUT2D eigenvalue weighted by molar-refractivity contribution is 5.89. The summed E-state index contributed by atoms with van der Waals surface area (Å²) in [5.74, 6) is -0.231. The van der Waals surface area contributed by atoms with Crippen LogP contribution < -0.4 is 0 Å². The second-order valence-corrected chi connectivity index (χ2v) is 5.93. The molecule has 1 atom stereocenters. The number of hydrogen-bond acceptors (Lipinski definition) is 8. The molecule has 2 aromatic carbocycles. The molecular formula is C19H17N3O6. The van der Waals surface area contributed by atoms with Crippen molar-refractivity contribution < 1.29 is 23.6 Å². The van der Waals surface area contributed by atoms with Gasteiger partial charge in [0.2, 0.25) is 5.89 Å². The Kier molecular flexibility index (Phi) is 5.75. The fourth-order valence-electron chi connectivity index (χ4n) is 2.47. The minimum atomic E-state index is -0.766. The van der Waals surface area contributed by atoms with E-state index >= 15 is 0 Å². The molecule has 0 fully saturated rings. The smallest absolute Gasteiger partial charge is 0.338 e. The quantitative estimate of drug-likeness (QED) is 0.344. The molecule has 0 aliphatic rings. The van der Waals surface area contributed by atoms with Crippen LogP contribution in [-0.2, 0) is 16.1 Å². The largest absolute Gasteiger partial charge is 0.449 e. The number of aromatic nitrogens is 2. The van der Waals surface area contributed by atoms with Crippen molar-refractivity contribution in [3.63, 3.8) is 0 Å². The Morgan fingerprint density at radius 1 is 1.21 bits per heavy atom. The number of nitrogens with zero attached hydrogens (tertiary/aromatic N) is 3. The summed E-state index contributed by atoms with van der Waals surface area (Å²) in [6.45, 7) is 2.00. The van der Waals surface area contributed by atoms with E-state index in [4.69, 9.17) is 13.9 Å². The third kappa shape index (κ3) is 4.38. The summed E-state index contributed by atoms with van der Waals surface area (Å²) in [4.78, 5) is 22.6. The van der Waals surface area contributed by atoms with E-state index in [9.17, 15) is 14.9 Å². The number of esters is 1. The van der Waals surface area contributed by atoms with E-state index < -0.39 is 17.0 Å². The van der Waals surface area contributed by atoms with E-state index in [0.29, 0.717) is 17.7 Å². The van der Waals surface area contributed by atoms with Gasteiger partial charge < -0.3 is 13.9 Å². The topological polar surface area (TPSA) is 118 Å². The first kappa shape index (κ1) is 19.2. The van der Waals surface area contributed by atoms with Crippen molar-refractivity contribution in [1.29, 1.82) is 0 Å². The van der Waals surface area contributed by atoms with E-state index in [-0.39, 0.29) is 17.5 Å². The summed E-state index contributed by atoms with van der Waals surface area (Å²) in [5, 5.41) is 18.5. The monoisotopic (exact) mass is 383 g/mol. The maximum Gasteiger partial charge on any atom is 0.338 e. The average Bonchev–Trinajstić information content (AvgIpc) is 3.19. The molecule has 9 heteroatoms. The van der Waals surface area contributed by atoms with E-state index in [1.54, 1.807) is 32.2 Å². The molecule has 3 rings (SSSR count). The third-order valence-corrected chi connectivity index (χ3v) is 3.87. The van der Waals surface area contributed by atoms with Gasteiger partial charge in [-0.15, -0.1) is 10.2 Å². The van der Waals surface area contributed by atoms with Crippen LogP contribution in [-0.4, -0.2) is 28.2 Å². The predicted octanol–water partition coefficient (Wildman–Crippen LogP) is 3.71. The normalized spacial score (nSPS) is 11.8. The fourth-order valence-corrected chi connectivity index (χ4v) is 2.47. The minimum absolute atomic E-state index is 0.0403. The number of carbonyl (C=O) groups is 1. The first-order valence-electron chi connectivity index (χ1n) is 8.35. The first-order valence-corrected chi connectivity index (χ1v) is 8.35. The summed E-state index contributed by atoms with van der Waals surface area (Å²) >= 11 is 0. The molecule has 0 bridgehead atoms. The lowest BCUT2D eigenvalue weighted by molar-refractivity contribution is -0.384. The number of benzene rings is 2. The van der Waals surface area contributed by atoms with Crippen molar-refractivity contribution in [3.8, 4) is 11.5 Å². The van der Waals surface area contributed by atoms with E-state index in [1.165, 1.54) is 24.3 Å². The molecular weight excluding hydrogens is 366 g/mol. The maximum atomic E-state index is 12.3. The minimum Gasteiger partial charge on any atom is -0.449 e. The highest BCUT2D eigenvalue weighted by Gasteiger charge is 2.20. The van der Waals surface area contributed by atoms with Crippen molar-refractivity contribution >= 4 is 11.7 Å². The third-order valence-electron chi connectivity index (χ3n) is 3.87. The second kappa shape index (κ2) is 8.40. The van der Waals surface area contributed by atoms with Crippen LogP contribution in [0.25, 0.3) is 11.5 Å². The molecule has 28 heavy (non-hydrogen) atoms. The van der Waals surface area contributed by atoms with Crippen LogP contribution in [0.2, 0.25) is 0 Å². The zero-order valence-corrected chi connectivity index (χ0v) is 15.2. The Morgan fingerprint density at radius 3 is 2.64 bits per heavy atom. The van der Waals surface area contributed by atoms with Crippen LogP contribution >= 0.6 is 0 Å². The van der Waals surface area contributed by atoms with E-state index in [1.807, 2.05) is 6.07 Å². The van der Waals surface area contributed by atoms with Gasteiger partial charge in [-0.25, -0.2) is 4.79 Å². The number of methoxy groups -OCH3 is 1. The van der Waals surface area contributed by atoms with Crippen LogP contribution in [0.15, 0.2) is 52.9 Å². The van der Waals surface area contributed by atoms with Crippen LogP contribution in [0.4, 0.5) is 5.69 Å². The summed E-state index contributed by atoms with van der Waals surface area (Å²) in [6.07, 6.45) is -0.766. The number of hydrogen-bond donors (Lipinski definition) is 0. The zero-order valence-electron chi connectivity index (χ0n) is 15.2. The molecule has 0 unspecified atom stereocenters. The highest BCUT2D eigenvalue weighted by Crippen LogP contribution is 2.25. The van der Waals surface area contributed by atoms with Crippen LogP contribution in [0.5, 0.6) is 0 Å². The summed E-state index contributed by atoms with van der Waals surface area (Å²) in [5.41, 5.74) is 1.72. The lowest BCUT2D eigenvalue weighted by Crippen LogP contribution is -2.10. The average molecular weight is 383 g/mol. The summed E-state index contributed by atoms with van der Waals surface area (Å²) < 4.78 is 16.0. The van der Waals surface area contributed by atoms with E-state index in [2.05, 4.69) is 10.2 Å². The standard InChI is InChI=1S/C19H17N3O6/c1-12(27-19(23)15-5-3-4-13(10-15)11-26-2)17-20-21-18(28-17)14-6-8-16(9-7-14)22(24)25/h3-10,12H,11H2,1-2H3/t12-/m0/s1. The second-order valence-electron chi connectivity index (χ2n) is 5.93. The number of nitro benzene ring substituents is 1. The zero-order chi connectivity index (χ0) is 20.1. The Balaban J connectivity index is 1.70. The van der Waals surface area contributed by atoms with Gasteiger partial charge >= 0.3 is 5.97 Å². The van der Waals surface area contributed by atoms with Gasteiger partial charge in [0, 0.05) is 24.8 Å². The molecule has 0 spiro atoms. The van der Waals surface area contributed by atoms with E-state index in [0.717, 1.165) is 5.56 Å². The van der Waals surface area contributed by atoms with Crippen molar-refractivity contribution in [1.82, 2.24) is 10.2 Å². The molecule has 0 saturated carbocycles. The molecule has 0 aliphatic heterocycles. The molecule has 3 aromatic rings. The summed E-state index contributed by atoms with van der Waals surface area (Å²) in [7, 11) is 1.57. The number of ether oxygens (including phenoxy) is 2. The maximum absolute atomic E-state index is 12.3. The van der Waals surface area contributed by atoms with Gasteiger partial charge in [0.05, 0.1) is 17.1 Å². The van der Waals surface area contributed by atoms with Crippen molar-refractivity contribution in [2.45, 2.75) is 19.6 Å². The number of nitro groups is 1. The molecule has 0 saturated heterocycles. The van der Waals surface area contributed by atoms with Crippen molar-refractivity contribution in [2.75, 3.05) is 7.11 Å². The lowest BCUT2D eigenvalue weighted by Gasteiger charge is -2.10. The van der Waals surface area contributed by atoms with Gasteiger partial charge in [0.15, 0.2) is 6.10 Å². The Morgan fingerprint density at radius 2 is 1.96 bits per heavy atom. The van der Waals surface area contributed by atoms with Gasteiger partial charge in [-0.1, -0.05) is 12.1 Å². The van der Waals surface area contributed by atoms with Gasteiger partial charge in [-0.3, -0.25) is 10.1 Å². The number of carbonyl (C=O) groups excluding carboxylic acids is 1. The Hall–Kier alpha value is -3.59. The first-order chi connectivity index (χ1) is 13.5. The van der Waals surface area contributed by atoms with Gasteiger partial charge in [0.25, 0.3) is 11.6 Å². The molecule has 0 amide bonds. The Bertz CT molecular complexity index is 983. The van der Waals surface area contributed by atoms with Gasteiger partial charge in [-0.2, -0.15) is 0 Å². The van der Waals surface area contributed by atoms with Crippen LogP contribution in [0, 0.1) is 10.1 Å². The van der Waals surface area contributed by atoms with Crippen LogP contribution in [0.3, 0.4) is 0 Å². The summed E-state index contributed by atoms with van der Waals surface area (Å²) in [6, 6.07) is 12.6. The molecule has 1 aromatic heterocycles. The molecule has 0 aliphatic carbocycles. The molecule has 9 nitrogen and oxygen atoms in total. The Labute approximate surface area is 160 Å². The van der Waals surface area contributed by atoms with Gasteiger partial charge in [-0.05, 0) is 36.8 Å². The number of rotatable bonds is 7. The molecule has 144 valence electrons. The number of non-ortho nitro benzene ring substituents is 1. The predicted molar refractivity (Wildman–Crippen MR) is 97.4 cm³/mol. The van der Waals surface area contributed by atoms with Gasteiger partial charge in [0.1, 0.15) is 0 Å². The van der Waals surface area contributed by atoms with Crippen molar-refractivity contribution in [3.05, 3.63) is 75.7 Å². The lowest BCUT2D eigenvalue weighted by atomic mass is 10.1. The molecule has 0 radical (unpaired) electrons. The van der Waals surface area contributed by atoms with Crippen LogP contribution in [0.1, 0.15) is 34.8 Å². The highest BCUT2D eigenvalue weighted by atomic mass is 16.6. The molecule has 1 heterocycles. The SMILES string of the molecule is COCc1cccc(C(=O)O[C@@H](C)c2nnc(-c3ccc([N+](=O)[O-])cc3)o2)c1. The van der Waals surface area contributed by atoms with Crippen molar-refractivity contribution in [2.24, 2.45) is 0 Å². The fraction of sp³-hybridized carbons (Fsp3) is 0.211. The molecule has 0 N–H and O–H groups in total.